The predicted molar refractivity (Wildman–Crippen MR) is 69.6 cm³/mol. The number of aryl methyl sites for hydroxylation is 1. The van der Waals surface area contributed by atoms with E-state index in [2.05, 4.69) is 5.32 Å². The minimum Gasteiger partial charge on any atom is -0.383 e. The van der Waals surface area contributed by atoms with Gasteiger partial charge in [0.2, 0.25) is 0 Å². The van der Waals surface area contributed by atoms with E-state index in [1.807, 2.05) is 24.3 Å². The minimum atomic E-state index is -0.00195. The molecule has 0 saturated heterocycles. The third-order valence-corrected chi connectivity index (χ3v) is 2.76. The maximum Gasteiger partial charge on any atom is 0.327 e. The van der Waals surface area contributed by atoms with Crippen molar-refractivity contribution in [2.75, 3.05) is 11.9 Å². The maximum absolute atomic E-state index is 11.5. The van der Waals surface area contributed by atoms with Crippen molar-refractivity contribution in [3.63, 3.8) is 0 Å². The summed E-state index contributed by atoms with van der Waals surface area (Å²) in [5.41, 5.74) is 0.958. The molecule has 1 heterocycles. The number of nitrogens with zero attached hydrogens (tertiary/aromatic N) is 2. The Morgan fingerprint density at radius 1 is 1.35 bits per heavy atom. The van der Waals surface area contributed by atoms with Crippen LogP contribution in [0.15, 0.2) is 41.5 Å². The van der Waals surface area contributed by atoms with Crippen LogP contribution in [-0.2, 0) is 13.6 Å². The normalized spacial score (nSPS) is 10.5. The fraction of sp³-hybridized carbons (Fsp3) is 0.250. The summed E-state index contributed by atoms with van der Waals surface area (Å²) >= 11 is 5.87. The smallest absolute Gasteiger partial charge is 0.327 e. The molecule has 1 aromatic heterocycles. The van der Waals surface area contributed by atoms with Crippen molar-refractivity contribution in [2.24, 2.45) is 7.05 Å². The van der Waals surface area contributed by atoms with Crippen LogP contribution in [0, 0.1) is 0 Å². The summed E-state index contributed by atoms with van der Waals surface area (Å²) < 4.78 is 3.22. The molecule has 5 heteroatoms. The highest BCUT2D eigenvalue weighted by molar-refractivity contribution is 6.30. The monoisotopic (exact) mass is 251 g/mol. The molecule has 0 spiro atoms. The van der Waals surface area contributed by atoms with Crippen molar-refractivity contribution in [3.8, 4) is 0 Å². The number of hydrogen-bond acceptors (Lipinski definition) is 2. The summed E-state index contributed by atoms with van der Waals surface area (Å²) in [7, 11) is 1.74. The van der Waals surface area contributed by atoms with Gasteiger partial charge in [0, 0.05) is 43.2 Å². The molecule has 1 N–H and O–H groups in total. The van der Waals surface area contributed by atoms with Gasteiger partial charge in [-0.15, -0.1) is 0 Å². The number of hydrogen-bond donors (Lipinski definition) is 1. The molecule has 0 aliphatic rings. The molecule has 2 rings (SSSR count). The van der Waals surface area contributed by atoms with E-state index in [9.17, 15) is 4.79 Å². The zero-order chi connectivity index (χ0) is 12.3. The lowest BCUT2D eigenvalue weighted by Gasteiger charge is -2.06. The lowest BCUT2D eigenvalue weighted by Crippen LogP contribution is -2.24. The first-order chi connectivity index (χ1) is 8.16. The largest absolute Gasteiger partial charge is 0.383 e. The van der Waals surface area contributed by atoms with Gasteiger partial charge in [0.25, 0.3) is 0 Å². The van der Waals surface area contributed by atoms with Crippen molar-refractivity contribution >= 4 is 17.3 Å². The maximum atomic E-state index is 11.5. The van der Waals surface area contributed by atoms with Gasteiger partial charge in [-0.1, -0.05) is 17.7 Å². The molecule has 0 aliphatic heterocycles. The highest BCUT2D eigenvalue weighted by Crippen LogP contribution is 2.14. The summed E-state index contributed by atoms with van der Waals surface area (Å²) in [6, 6.07) is 7.52. The van der Waals surface area contributed by atoms with E-state index in [-0.39, 0.29) is 5.69 Å². The van der Waals surface area contributed by atoms with E-state index in [1.165, 1.54) is 0 Å². The van der Waals surface area contributed by atoms with Gasteiger partial charge in [-0.2, -0.15) is 0 Å². The number of imidazole rings is 1. The van der Waals surface area contributed by atoms with Gasteiger partial charge in [0.05, 0.1) is 0 Å². The highest BCUT2D eigenvalue weighted by Gasteiger charge is 1.99. The van der Waals surface area contributed by atoms with E-state index in [1.54, 1.807) is 28.6 Å². The lowest BCUT2D eigenvalue weighted by molar-refractivity contribution is 0.672. The zero-order valence-corrected chi connectivity index (χ0v) is 10.3. The van der Waals surface area contributed by atoms with Crippen LogP contribution in [0.4, 0.5) is 5.69 Å². The van der Waals surface area contributed by atoms with Crippen LogP contribution in [-0.4, -0.2) is 15.7 Å². The van der Waals surface area contributed by atoms with Gasteiger partial charge in [-0.25, -0.2) is 4.79 Å². The van der Waals surface area contributed by atoms with Crippen molar-refractivity contribution < 1.29 is 0 Å². The highest BCUT2D eigenvalue weighted by atomic mass is 35.5. The van der Waals surface area contributed by atoms with E-state index in [4.69, 9.17) is 11.6 Å². The molecule has 0 atom stereocenters. The van der Waals surface area contributed by atoms with Gasteiger partial charge >= 0.3 is 5.69 Å². The van der Waals surface area contributed by atoms with Crippen molar-refractivity contribution in [3.05, 3.63) is 52.2 Å². The molecule has 0 amide bonds. The molecule has 90 valence electrons. The Bertz CT molecular complexity index is 559. The predicted octanol–water partition coefficient (Wildman–Crippen LogP) is 1.95. The third-order valence-electron chi connectivity index (χ3n) is 2.52. The summed E-state index contributed by atoms with van der Waals surface area (Å²) in [6.07, 6.45) is 3.53. The zero-order valence-electron chi connectivity index (χ0n) is 9.56. The molecular weight excluding hydrogens is 238 g/mol. The fourth-order valence-electron chi connectivity index (χ4n) is 1.60. The molecule has 0 unspecified atom stereocenters. The van der Waals surface area contributed by atoms with Crippen LogP contribution in [0.1, 0.15) is 0 Å². The second kappa shape index (κ2) is 5.10. The molecule has 2 aromatic rings. The van der Waals surface area contributed by atoms with Gasteiger partial charge in [0.15, 0.2) is 0 Å². The van der Waals surface area contributed by atoms with E-state index in [0.29, 0.717) is 18.1 Å². The Labute approximate surface area is 104 Å². The number of benzene rings is 1. The molecule has 0 saturated carbocycles. The van der Waals surface area contributed by atoms with E-state index < -0.39 is 0 Å². The topological polar surface area (TPSA) is 39.0 Å². The van der Waals surface area contributed by atoms with E-state index >= 15 is 0 Å². The van der Waals surface area contributed by atoms with Crippen molar-refractivity contribution in [2.45, 2.75) is 6.54 Å². The quantitative estimate of drug-likeness (QED) is 0.902. The Balaban J connectivity index is 1.92. The number of rotatable bonds is 4. The number of aromatic nitrogens is 2. The SMILES string of the molecule is Cn1ccn(CCNc2cccc(Cl)c2)c1=O. The third kappa shape index (κ3) is 2.91. The van der Waals surface area contributed by atoms with Crippen molar-refractivity contribution in [1.82, 2.24) is 9.13 Å². The first-order valence-corrected chi connectivity index (χ1v) is 5.76. The van der Waals surface area contributed by atoms with Crippen LogP contribution in [0.5, 0.6) is 0 Å². The molecular formula is C12H14ClN3O. The second-order valence-electron chi connectivity index (χ2n) is 3.82. The number of anilines is 1. The van der Waals surface area contributed by atoms with Gasteiger partial charge in [-0.05, 0) is 18.2 Å². The summed E-state index contributed by atoms with van der Waals surface area (Å²) in [6.45, 7) is 1.32. The molecule has 17 heavy (non-hydrogen) atoms. The second-order valence-corrected chi connectivity index (χ2v) is 4.26. The first-order valence-electron chi connectivity index (χ1n) is 5.38. The number of halogens is 1. The van der Waals surface area contributed by atoms with Crippen molar-refractivity contribution in [1.29, 1.82) is 0 Å². The summed E-state index contributed by atoms with van der Waals surface area (Å²) in [4.78, 5) is 11.5. The standard InChI is InChI=1S/C12H14ClN3O/c1-15-7-8-16(12(15)17)6-5-14-11-4-2-3-10(13)9-11/h2-4,7-9,14H,5-6H2,1H3. The first kappa shape index (κ1) is 11.8. The van der Waals surface area contributed by atoms with Crippen LogP contribution in [0.3, 0.4) is 0 Å². The average Bonchev–Trinajstić information content (AvgIpc) is 2.61. The molecule has 0 aliphatic carbocycles. The van der Waals surface area contributed by atoms with Gasteiger partial charge in [-0.3, -0.25) is 4.57 Å². The number of nitrogens with one attached hydrogen (secondary N) is 1. The lowest BCUT2D eigenvalue weighted by atomic mass is 10.3. The fourth-order valence-corrected chi connectivity index (χ4v) is 1.79. The summed E-state index contributed by atoms with van der Waals surface area (Å²) in [5, 5.41) is 3.92. The Hall–Kier alpha value is -1.68. The van der Waals surface area contributed by atoms with Gasteiger partial charge in [0.1, 0.15) is 0 Å². The van der Waals surface area contributed by atoms with Crippen LogP contribution in [0.2, 0.25) is 5.02 Å². The van der Waals surface area contributed by atoms with Crippen LogP contribution >= 0.6 is 11.6 Å². The molecule has 0 radical (unpaired) electrons. The van der Waals surface area contributed by atoms with E-state index in [0.717, 1.165) is 5.69 Å². The van der Waals surface area contributed by atoms with Gasteiger partial charge < -0.3 is 9.88 Å². The Morgan fingerprint density at radius 2 is 2.18 bits per heavy atom. The Morgan fingerprint density at radius 3 is 2.82 bits per heavy atom. The Kier molecular flexibility index (Phi) is 3.54. The summed E-state index contributed by atoms with van der Waals surface area (Å²) in [5.74, 6) is 0. The molecule has 4 nitrogen and oxygen atoms in total. The van der Waals surface area contributed by atoms with Crippen LogP contribution in [0.25, 0.3) is 0 Å². The molecule has 0 bridgehead atoms. The average molecular weight is 252 g/mol. The van der Waals surface area contributed by atoms with Crippen LogP contribution < -0.4 is 11.0 Å². The minimum absolute atomic E-state index is 0.00195. The molecule has 0 fully saturated rings. The molecule has 1 aromatic carbocycles.